The molecular formula is C32H38Cl2N4O4. The number of rotatable bonds is 5. The number of amides is 1. The summed E-state index contributed by atoms with van der Waals surface area (Å²) in [4.78, 5) is 49.5. The summed E-state index contributed by atoms with van der Waals surface area (Å²) < 4.78 is 1.88. The predicted octanol–water partition coefficient (Wildman–Crippen LogP) is 5.64. The van der Waals surface area contributed by atoms with Crippen molar-refractivity contribution in [2.45, 2.75) is 77.8 Å². The van der Waals surface area contributed by atoms with E-state index < -0.39 is 6.04 Å². The molecule has 8 nitrogen and oxygen atoms in total. The molecule has 0 bridgehead atoms. The number of aromatic nitrogens is 2. The lowest BCUT2D eigenvalue weighted by Crippen LogP contribution is -2.33. The van der Waals surface area contributed by atoms with E-state index >= 15 is 0 Å². The quantitative estimate of drug-likeness (QED) is 0.359. The SMILES string of the molecule is CCNC(=O)C(N)c1ccc(Cl)cc1.CCn1c2c(nc(-c3ccc(Cl)cc3)c1=O)CCCC2.O=C1CCCCC1=O. The van der Waals surface area contributed by atoms with Crippen molar-refractivity contribution < 1.29 is 14.4 Å². The van der Waals surface area contributed by atoms with Gasteiger partial charge in [-0.1, -0.05) is 47.5 Å². The van der Waals surface area contributed by atoms with Crippen molar-refractivity contribution in [1.82, 2.24) is 14.9 Å². The number of carbonyl (C=O) groups is 3. The number of carbonyl (C=O) groups excluding carboxylic acids is 3. The van der Waals surface area contributed by atoms with Crippen LogP contribution in [0, 0.1) is 0 Å². The molecule has 0 radical (unpaired) electrons. The molecule has 224 valence electrons. The molecule has 2 aromatic carbocycles. The summed E-state index contributed by atoms with van der Waals surface area (Å²) >= 11 is 11.6. The minimum atomic E-state index is -0.618. The molecule has 0 spiro atoms. The van der Waals surface area contributed by atoms with Gasteiger partial charge in [0.1, 0.15) is 11.7 Å². The Morgan fingerprint density at radius 2 is 1.38 bits per heavy atom. The number of hydrogen-bond donors (Lipinski definition) is 2. The van der Waals surface area contributed by atoms with E-state index in [1.807, 2.05) is 30.5 Å². The normalized spacial score (nSPS) is 14.9. The van der Waals surface area contributed by atoms with E-state index in [0.29, 0.717) is 41.7 Å². The van der Waals surface area contributed by atoms with E-state index in [-0.39, 0.29) is 23.0 Å². The average molecular weight is 614 g/mol. The predicted molar refractivity (Wildman–Crippen MR) is 167 cm³/mol. The third-order valence-corrected chi connectivity index (χ3v) is 7.60. The van der Waals surface area contributed by atoms with Crippen LogP contribution in [-0.2, 0) is 33.8 Å². The largest absolute Gasteiger partial charge is 0.355 e. The number of aryl methyl sites for hydroxylation is 1. The number of nitrogens with two attached hydrogens (primary N) is 1. The van der Waals surface area contributed by atoms with Crippen LogP contribution in [0.25, 0.3) is 11.3 Å². The second-order valence-corrected chi connectivity index (χ2v) is 11.0. The van der Waals surface area contributed by atoms with Crippen LogP contribution in [0.5, 0.6) is 0 Å². The fraction of sp³-hybridized carbons (Fsp3) is 0.406. The van der Waals surface area contributed by atoms with E-state index in [2.05, 4.69) is 10.3 Å². The molecule has 1 saturated carbocycles. The molecule has 1 unspecified atom stereocenters. The van der Waals surface area contributed by atoms with Crippen LogP contribution in [-0.4, -0.2) is 33.6 Å². The first-order valence-electron chi connectivity index (χ1n) is 14.4. The molecule has 1 amide bonds. The van der Waals surface area contributed by atoms with Crippen molar-refractivity contribution in [1.29, 1.82) is 0 Å². The van der Waals surface area contributed by atoms with Crippen molar-refractivity contribution in [3.8, 4) is 11.3 Å². The van der Waals surface area contributed by atoms with Gasteiger partial charge < -0.3 is 15.6 Å². The average Bonchev–Trinajstić information content (AvgIpc) is 3.00. The zero-order valence-corrected chi connectivity index (χ0v) is 25.6. The molecule has 2 aliphatic rings. The minimum Gasteiger partial charge on any atom is -0.355 e. The summed E-state index contributed by atoms with van der Waals surface area (Å²) in [5.74, 6) is -0.512. The van der Waals surface area contributed by atoms with Gasteiger partial charge in [0.2, 0.25) is 5.91 Å². The molecule has 42 heavy (non-hydrogen) atoms. The van der Waals surface area contributed by atoms with Crippen molar-refractivity contribution in [2.75, 3.05) is 6.54 Å². The van der Waals surface area contributed by atoms with E-state index in [1.165, 1.54) is 0 Å². The smallest absolute Gasteiger partial charge is 0.277 e. The number of Topliss-reactive ketones (excluding diaryl/α,β-unsaturated/α-hetero) is 2. The summed E-state index contributed by atoms with van der Waals surface area (Å²) in [5, 5.41) is 3.97. The Morgan fingerprint density at radius 3 is 1.90 bits per heavy atom. The van der Waals surface area contributed by atoms with E-state index in [1.54, 1.807) is 36.4 Å². The number of likely N-dealkylation sites (N-methyl/N-ethyl adjacent to an activating group) is 1. The zero-order chi connectivity index (χ0) is 30.6. The second kappa shape index (κ2) is 16.3. The van der Waals surface area contributed by atoms with Gasteiger partial charge in [-0.25, -0.2) is 4.98 Å². The number of fused-ring (bicyclic) bond motifs is 1. The summed E-state index contributed by atoms with van der Waals surface area (Å²) in [6, 6.07) is 13.6. The summed E-state index contributed by atoms with van der Waals surface area (Å²) in [7, 11) is 0. The van der Waals surface area contributed by atoms with Gasteiger partial charge in [-0.3, -0.25) is 19.2 Å². The van der Waals surface area contributed by atoms with Gasteiger partial charge in [0.15, 0.2) is 11.6 Å². The van der Waals surface area contributed by atoms with Gasteiger partial charge in [-0.15, -0.1) is 0 Å². The third-order valence-electron chi connectivity index (χ3n) is 7.10. The third kappa shape index (κ3) is 9.08. The first-order chi connectivity index (χ1) is 20.2. The number of hydrogen-bond acceptors (Lipinski definition) is 6. The van der Waals surface area contributed by atoms with E-state index in [9.17, 15) is 19.2 Å². The molecule has 3 N–H and O–H groups in total. The lowest BCUT2D eigenvalue weighted by Gasteiger charge is -2.20. The van der Waals surface area contributed by atoms with Gasteiger partial charge in [-0.05, 0) is 82.2 Å². The molecule has 1 atom stereocenters. The lowest BCUT2D eigenvalue weighted by molar-refractivity contribution is -0.137. The number of nitrogens with zero attached hydrogens (tertiary/aromatic N) is 2. The van der Waals surface area contributed by atoms with E-state index in [0.717, 1.165) is 61.0 Å². The van der Waals surface area contributed by atoms with Crippen molar-refractivity contribution in [3.05, 3.63) is 85.9 Å². The van der Waals surface area contributed by atoms with Crippen molar-refractivity contribution in [2.24, 2.45) is 5.73 Å². The Balaban J connectivity index is 0.000000191. The van der Waals surface area contributed by atoms with Crippen LogP contribution >= 0.6 is 23.2 Å². The Morgan fingerprint density at radius 1 is 0.857 bits per heavy atom. The molecule has 0 aliphatic heterocycles. The fourth-order valence-electron chi connectivity index (χ4n) is 4.80. The molecule has 5 rings (SSSR count). The minimum absolute atomic E-state index is 0.00970. The van der Waals surface area contributed by atoms with Crippen LogP contribution in [0.4, 0.5) is 0 Å². The van der Waals surface area contributed by atoms with Crippen LogP contribution in [0.1, 0.15) is 75.4 Å². The molecule has 2 aliphatic carbocycles. The maximum absolute atomic E-state index is 12.6. The number of benzene rings is 2. The maximum Gasteiger partial charge on any atom is 0.277 e. The molecule has 1 heterocycles. The summed E-state index contributed by atoms with van der Waals surface area (Å²) in [6.45, 7) is 5.15. The molecule has 1 aromatic heterocycles. The highest BCUT2D eigenvalue weighted by Gasteiger charge is 2.19. The number of ketones is 2. The van der Waals surface area contributed by atoms with Gasteiger partial charge in [0.05, 0.1) is 5.69 Å². The van der Waals surface area contributed by atoms with E-state index in [4.69, 9.17) is 28.9 Å². The highest BCUT2D eigenvalue weighted by Crippen LogP contribution is 2.23. The highest BCUT2D eigenvalue weighted by molar-refractivity contribution is 6.37. The summed E-state index contributed by atoms with van der Waals surface area (Å²) in [6.07, 6.45) is 7.02. The van der Waals surface area contributed by atoms with Crippen LogP contribution in [0.2, 0.25) is 10.0 Å². The molecule has 3 aromatic rings. The Bertz CT molecular complexity index is 1420. The maximum atomic E-state index is 12.6. The first kappa shape index (κ1) is 33.2. The number of nitrogens with one attached hydrogen (secondary N) is 1. The lowest BCUT2D eigenvalue weighted by atomic mass is 9.98. The fourth-order valence-corrected chi connectivity index (χ4v) is 5.06. The standard InChI is InChI=1S/C16H17ClN2O.C10H13ClN2O.C6H8O2/c1-2-19-14-6-4-3-5-13(14)18-15(16(19)20)11-7-9-12(17)10-8-11;1-2-13-10(14)9(12)7-3-5-8(11)6-4-7;7-5-3-1-2-4-6(5)8/h7-10H,2-6H2,1H3;3-6,9H,2,12H2,1H3,(H,13,14);1-4H2. The molecular weight excluding hydrogens is 575 g/mol. The van der Waals surface area contributed by atoms with Gasteiger partial charge >= 0.3 is 0 Å². The van der Waals surface area contributed by atoms with Crippen LogP contribution in [0.3, 0.4) is 0 Å². The number of halogens is 2. The molecule has 10 heteroatoms. The van der Waals surface area contributed by atoms with Crippen LogP contribution < -0.4 is 16.6 Å². The van der Waals surface area contributed by atoms with Gasteiger partial charge in [-0.2, -0.15) is 0 Å². The Kier molecular flexibility index (Phi) is 12.9. The van der Waals surface area contributed by atoms with Crippen LogP contribution in [0.15, 0.2) is 53.3 Å². The first-order valence-corrected chi connectivity index (χ1v) is 15.1. The van der Waals surface area contributed by atoms with Gasteiger partial charge in [0.25, 0.3) is 5.56 Å². The highest BCUT2D eigenvalue weighted by atomic mass is 35.5. The topological polar surface area (TPSA) is 124 Å². The van der Waals surface area contributed by atoms with Gasteiger partial charge in [0, 0.05) is 47.2 Å². The summed E-state index contributed by atoms with van der Waals surface area (Å²) in [5.41, 5.74) is 10.1. The molecule has 1 fully saturated rings. The zero-order valence-electron chi connectivity index (χ0n) is 24.1. The Labute approximate surface area is 256 Å². The Hall–Kier alpha value is -3.33. The monoisotopic (exact) mass is 612 g/mol. The van der Waals surface area contributed by atoms with Crippen molar-refractivity contribution >= 4 is 40.7 Å². The molecule has 0 saturated heterocycles. The van der Waals surface area contributed by atoms with Crippen molar-refractivity contribution in [3.63, 3.8) is 0 Å². The second-order valence-electron chi connectivity index (χ2n) is 10.1.